The van der Waals surface area contributed by atoms with Crippen LogP contribution < -0.4 is 10.2 Å². The average Bonchev–Trinajstić information content (AvgIpc) is 1.34. The maximum absolute atomic E-state index is 15.0. The molecule has 7 aromatic rings. The van der Waals surface area contributed by atoms with Crippen molar-refractivity contribution in [2.75, 3.05) is 11.4 Å². The molecule has 79 heavy (non-hydrogen) atoms. The molecule has 0 unspecified atom stereocenters. The molecule has 0 fully saturated rings. The summed E-state index contributed by atoms with van der Waals surface area (Å²) in [6.07, 6.45) is -9.83. The SMILES string of the molecule is CCCCn1/c(=C/C=C2\CCC(/C=C/C3=[N+](CCCC)c4cccc5cccc3c45)=C2N(c2ccccc2)c2ccccc2)c2cccc3cccc1c32.FC(F)(F)C(F)(F)[P-](F)(F)(F)(C(F)(F)C(F)(F)F)C(F)(F)C(F)(F)F. The summed E-state index contributed by atoms with van der Waals surface area (Å²) in [5.74, 6) is 0. The summed E-state index contributed by atoms with van der Waals surface area (Å²) < 4.78 is 228. The van der Waals surface area contributed by atoms with Crippen LogP contribution in [-0.2, 0) is 6.54 Å². The minimum atomic E-state index is -15.0. The molecule has 0 saturated heterocycles. The van der Waals surface area contributed by atoms with Crippen LogP contribution in [-0.4, -0.2) is 56.9 Å². The van der Waals surface area contributed by atoms with Crippen molar-refractivity contribution in [1.29, 1.82) is 0 Å². The fraction of sp³-hybridized carbons (Fsp3) is 0.281. The molecule has 422 valence electrons. The van der Waals surface area contributed by atoms with Gasteiger partial charge in [0.1, 0.15) is 6.54 Å². The third-order valence-corrected chi connectivity index (χ3v) is 18.5. The van der Waals surface area contributed by atoms with Gasteiger partial charge in [-0.1, -0.05) is 130 Å². The number of para-hydroxylation sites is 2. The summed E-state index contributed by atoms with van der Waals surface area (Å²) in [5.41, 5.74) is -17.6. The van der Waals surface area contributed by atoms with E-state index in [1.807, 2.05) is 0 Å². The fourth-order valence-corrected chi connectivity index (χ4v) is 12.8. The van der Waals surface area contributed by atoms with Crippen LogP contribution in [0.5, 0.6) is 0 Å². The van der Waals surface area contributed by atoms with Gasteiger partial charge in [-0.15, -0.1) is 0 Å². The first-order valence-corrected chi connectivity index (χ1v) is 27.1. The Morgan fingerprint density at radius 1 is 0.532 bits per heavy atom. The van der Waals surface area contributed by atoms with E-state index in [1.54, 1.807) is 0 Å². The predicted molar refractivity (Wildman–Crippen MR) is 274 cm³/mol. The Labute approximate surface area is 440 Å². The summed E-state index contributed by atoms with van der Waals surface area (Å²) in [7, 11) is 0. The number of aryl methyl sites for hydroxylation is 1. The Bertz CT molecular complexity index is 3490. The van der Waals surface area contributed by atoms with Crippen LogP contribution in [0.25, 0.3) is 38.5 Å². The van der Waals surface area contributed by atoms with Crippen molar-refractivity contribution in [1.82, 2.24) is 4.57 Å². The third-order valence-electron chi connectivity index (χ3n) is 14.2. The number of hydrogen-bond acceptors (Lipinski definition) is 1. The van der Waals surface area contributed by atoms with Gasteiger partial charge in [-0.25, -0.2) is 0 Å². The third kappa shape index (κ3) is 8.87. The Kier molecular flexibility index (Phi) is 14.9. The van der Waals surface area contributed by atoms with Crippen molar-refractivity contribution in [2.24, 2.45) is 0 Å². The molecule has 1 aliphatic heterocycles. The molecule has 0 N–H and O–H groups in total. The molecule has 3 nitrogen and oxygen atoms in total. The second-order valence-electron chi connectivity index (χ2n) is 19.1. The zero-order valence-electron chi connectivity index (χ0n) is 41.8. The van der Waals surface area contributed by atoms with E-state index >= 15 is 0 Å². The van der Waals surface area contributed by atoms with E-state index in [1.165, 1.54) is 83.0 Å². The van der Waals surface area contributed by atoms with Crippen LogP contribution >= 0.6 is 6.88 Å². The number of alkyl halides is 15. The number of nitrogens with zero attached hydrogens (tertiary/aromatic N) is 3. The van der Waals surface area contributed by atoms with Gasteiger partial charge in [0.15, 0.2) is 0 Å². The summed E-state index contributed by atoms with van der Waals surface area (Å²) in [6, 6.07) is 48.9. The molecule has 1 aromatic heterocycles. The number of unbranched alkanes of at least 4 members (excludes halogenated alkanes) is 2. The average molecular weight is 1150 g/mol. The van der Waals surface area contributed by atoms with E-state index < -0.39 is 42.4 Å². The number of aromatic nitrogens is 1. The zero-order chi connectivity index (χ0) is 57.8. The Balaban J connectivity index is 0.000000279. The zero-order valence-corrected chi connectivity index (χ0v) is 42.7. The molecule has 0 bridgehead atoms. The Hall–Kier alpha value is -6.76. The van der Waals surface area contributed by atoms with Gasteiger partial charge < -0.3 is 9.47 Å². The van der Waals surface area contributed by atoms with E-state index in [9.17, 15) is 78.4 Å². The maximum atomic E-state index is 13.4. The molecule has 22 heteroatoms. The van der Waals surface area contributed by atoms with Crippen molar-refractivity contribution in [3.63, 3.8) is 0 Å². The van der Waals surface area contributed by atoms with Gasteiger partial charge in [-0.05, 0) is 83.7 Å². The first kappa shape index (κ1) is 58.4. The van der Waals surface area contributed by atoms with Crippen molar-refractivity contribution in [3.05, 3.63) is 179 Å². The van der Waals surface area contributed by atoms with Gasteiger partial charge in [-0.2, -0.15) is 4.58 Å². The van der Waals surface area contributed by atoms with Gasteiger partial charge in [0.2, 0.25) is 11.4 Å². The molecule has 6 aromatic carbocycles. The van der Waals surface area contributed by atoms with Crippen LogP contribution in [0.2, 0.25) is 0 Å². The number of hydrogen-bond donors (Lipinski definition) is 0. The molecule has 0 radical (unpaired) electrons. The summed E-state index contributed by atoms with van der Waals surface area (Å²) in [6.45, 7) is -8.41. The van der Waals surface area contributed by atoms with Crippen LogP contribution in [0.3, 0.4) is 0 Å². The second-order valence-corrected chi connectivity index (χ2v) is 23.4. The van der Waals surface area contributed by atoms with E-state index in [0.717, 1.165) is 51.6 Å². The number of anilines is 2. The summed E-state index contributed by atoms with van der Waals surface area (Å²) in [4.78, 5) is 2.49. The number of halogens is 18. The molecule has 0 atom stereocenters. The standard InChI is InChI=1S/C51H48N3.C6F18P/c1-3-5-35-52-45(43-25-13-17-37-19-15-27-47(52)49(37)43)33-31-39-29-30-40(51(39)54(41-21-9-7-10-22-41)42-23-11-8-12-24-42)32-34-46-44-26-14-18-38-20-16-28-48(50(38)44)53(46)36-6-4-2;7-1(8,9)4(16,17)25(22,23,24,5(18,19)2(10,11)12)6(20,21)3(13,14)15/h7-28,31-34H,3-6,29-30,35-36H2,1-2H3;/q+1;-1. The Morgan fingerprint density at radius 2 is 1.03 bits per heavy atom. The van der Waals surface area contributed by atoms with Crippen LogP contribution in [0.15, 0.2) is 169 Å². The first-order chi connectivity index (χ1) is 36.8. The number of benzene rings is 6. The first-order valence-electron chi connectivity index (χ1n) is 24.7. The molecule has 1 aliphatic carbocycles. The van der Waals surface area contributed by atoms with E-state index in [-0.39, 0.29) is 0 Å². The van der Waals surface area contributed by atoms with Crippen LogP contribution in [0.4, 0.5) is 95.5 Å². The van der Waals surface area contributed by atoms with Gasteiger partial charge in [0.05, 0.1) is 16.6 Å². The minimum absolute atomic E-state index is 0.978. The quantitative estimate of drug-likeness (QED) is 0.0566. The van der Waals surface area contributed by atoms with Gasteiger partial charge in [0.25, 0.3) is 0 Å². The molecular weight excluding hydrogens is 1100 g/mol. The normalized spacial score (nSPS) is 16.7. The van der Waals surface area contributed by atoms with E-state index in [2.05, 4.69) is 186 Å². The summed E-state index contributed by atoms with van der Waals surface area (Å²) in [5, 5.41) is 8.01. The molecule has 0 saturated carbocycles. The Morgan fingerprint density at radius 3 is 1.54 bits per heavy atom. The number of rotatable bonds is 15. The monoisotopic (exact) mass is 1150 g/mol. The fourth-order valence-electron chi connectivity index (χ4n) is 10.1. The van der Waals surface area contributed by atoms with Crippen LogP contribution in [0.1, 0.15) is 57.9 Å². The number of allylic oxidation sites excluding steroid dienone is 5. The molecule has 0 amide bonds. The van der Waals surface area contributed by atoms with Crippen molar-refractivity contribution in [2.45, 2.75) is 94.4 Å². The van der Waals surface area contributed by atoms with Crippen molar-refractivity contribution in [3.8, 4) is 0 Å². The predicted octanol–water partition coefficient (Wildman–Crippen LogP) is 19.8. The molecule has 0 spiro atoms. The molecular formula is C57H48F18N3P. The van der Waals surface area contributed by atoms with E-state index in [4.69, 9.17) is 0 Å². The van der Waals surface area contributed by atoms with Crippen molar-refractivity contribution < 1.29 is 83.0 Å². The van der Waals surface area contributed by atoms with E-state index in [0.29, 0.717) is 0 Å². The molecule has 2 aliphatic rings. The van der Waals surface area contributed by atoms with Crippen LogP contribution in [0, 0.1) is 0 Å². The second kappa shape index (κ2) is 20.1. The topological polar surface area (TPSA) is 11.2 Å². The molecule has 9 rings (SSSR count). The van der Waals surface area contributed by atoms with Gasteiger partial charge in [0, 0.05) is 58.1 Å². The summed E-state index contributed by atoms with van der Waals surface area (Å²) >= 11 is 0. The van der Waals surface area contributed by atoms with Gasteiger partial charge in [-0.3, -0.25) is 0 Å². The van der Waals surface area contributed by atoms with Gasteiger partial charge >= 0.3 is 121 Å². The molecule has 2 heterocycles. The van der Waals surface area contributed by atoms with Crippen molar-refractivity contribution >= 4 is 68.2 Å².